The van der Waals surface area contributed by atoms with Crippen LogP contribution in [0.1, 0.15) is 54.0 Å². The molecule has 212 valence electrons. The van der Waals surface area contributed by atoms with Crippen molar-refractivity contribution in [1.82, 2.24) is 4.90 Å². The molecule has 38 heavy (non-hydrogen) atoms. The van der Waals surface area contributed by atoms with Crippen molar-refractivity contribution < 1.29 is 23.5 Å². The fourth-order valence-corrected chi connectivity index (χ4v) is 5.99. The Morgan fingerprint density at radius 3 is 2.32 bits per heavy atom. The van der Waals surface area contributed by atoms with E-state index in [2.05, 4.69) is 53.4 Å². The third-order valence-electron chi connectivity index (χ3n) is 8.48. The van der Waals surface area contributed by atoms with Crippen molar-refractivity contribution in [1.29, 1.82) is 0 Å². The van der Waals surface area contributed by atoms with E-state index in [1.54, 1.807) is 13.2 Å². The average Bonchev–Trinajstić information content (AvgIpc) is 3.21. The zero-order valence-corrected chi connectivity index (χ0v) is 26.1. The summed E-state index contributed by atoms with van der Waals surface area (Å²) < 4.78 is 17.9. The molecule has 7 heteroatoms. The number of amides is 2. The van der Waals surface area contributed by atoms with Gasteiger partial charge >= 0.3 is 6.09 Å². The molecule has 0 saturated carbocycles. The number of benzene rings is 1. The maximum atomic E-state index is 13.6. The molecular weight excluding hydrogens is 494 g/mol. The monoisotopic (exact) mass is 543 g/mol. The van der Waals surface area contributed by atoms with Gasteiger partial charge in [0.1, 0.15) is 12.7 Å². The lowest BCUT2D eigenvalue weighted by molar-refractivity contribution is -0.134. The Balaban J connectivity index is 2.22. The highest BCUT2D eigenvalue weighted by molar-refractivity contribution is 6.74. The average molecular weight is 544 g/mol. The van der Waals surface area contributed by atoms with E-state index in [1.807, 2.05) is 51.1 Å². The highest BCUT2D eigenvalue weighted by atomic mass is 28.4. The summed E-state index contributed by atoms with van der Waals surface area (Å²) in [7, 11) is -0.396. The first-order valence-electron chi connectivity index (χ1n) is 13.7. The molecule has 0 N–H and O–H groups in total. The largest absolute Gasteiger partial charge is 0.447 e. The van der Waals surface area contributed by atoms with E-state index in [0.29, 0.717) is 6.42 Å². The van der Waals surface area contributed by atoms with Crippen molar-refractivity contribution in [2.45, 2.75) is 91.3 Å². The maximum Gasteiger partial charge on any atom is 0.416 e. The van der Waals surface area contributed by atoms with Gasteiger partial charge in [-0.05, 0) is 43.0 Å². The lowest BCUT2D eigenvalue weighted by Crippen LogP contribution is -2.49. The molecule has 0 bridgehead atoms. The highest BCUT2D eigenvalue weighted by Gasteiger charge is 2.43. The number of hydrogen-bond acceptors (Lipinski definition) is 5. The maximum absolute atomic E-state index is 13.6. The second kappa shape index (κ2) is 13.2. The third-order valence-corrected chi connectivity index (χ3v) is 13.0. The van der Waals surface area contributed by atoms with Gasteiger partial charge in [-0.3, -0.25) is 4.79 Å². The van der Waals surface area contributed by atoms with Crippen LogP contribution in [-0.4, -0.2) is 57.2 Å². The molecule has 2 amide bonds. The standard InChI is InChI=1S/C31H49NO5Si/c1-12-27(35-9)28(37-38(10,11)31(6,7)8)22(3)18-21(2)23(4)24(5)29(33)32-26(20-36-30(32)34)19-25-16-14-13-15-17-25/h12-18,22-24,26-28H,1,19-20H2,2-11H3/b21-18-/t22-,23+,24?,26-,27+,28+/m1/s1. The zero-order chi connectivity index (χ0) is 28.8. The van der Waals surface area contributed by atoms with Gasteiger partial charge in [-0.2, -0.15) is 0 Å². The number of carbonyl (C=O) groups is 2. The van der Waals surface area contributed by atoms with Crippen LogP contribution in [0.5, 0.6) is 0 Å². The van der Waals surface area contributed by atoms with E-state index < -0.39 is 14.4 Å². The normalized spacial score (nSPS) is 20.9. The summed E-state index contributed by atoms with van der Waals surface area (Å²) in [6.45, 7) is 23.5. The Kier molecular flexibility index (Phi) is 11.1. The van der Waals surface area contributed by atoms with Gasteiger partial charge in [-0.25, -0.2) is 9.69 Å². The summed E-state index contributed by atoms with van der Waals surface area (Å²) in [6.07, 6.45) is 3.56. The predicted octanol–water partition coefficient (Wildman–Crippen LogP) is 7.02. The van der Waals surface area contributed by atoms with Gasteiger partial charge in [-0.1, -0.05) is 89.6 Å². The molecule has 2 rings (SSSR count). The molecule has 0 radical (unpaired) electrons. The molecule has 0 aliphatic carbocycles. The number of methoxy groups -OCH3 is 1. The van der Waals surface area contributed by atoms with Crippen LogP contribution in [0.3, 0.4) is 0 Å². The van der Waals surface area contributed by atoms with E-state index in [9.17, 15) is 9.59 Å². The van der Waals surface area contributed by atoms with Crippen molar-refractivity contribution in [3.05, 3.63) is 60.2 Å². The number of cyclic esters (lactones) is 1. The van der Waals surface area contributed by atoms with E-state index >= 15 is 0 Å². The Hall–Kier alpha value is -2.22. The van der Waals surface area contributed by atoms with Crippen LogP contribution in [-0.2, 0) is 25.1 Å². The minimum Gasteiger partial charge on any atom is -0.447 e. The number of nitrogens with zero attached hydrogens (tertiary/aromatic N) is 1. The van der Waals surface area contributed by atoms with Crippen LogP contribution in [0.2, 0.25) is 18.1 Å². The topological polar surface area (TPSA) is 65.1 Å². The van der Waals surface area contributed by atoms with Gasteiger partial charge in [0.05, 0.1) is 12.1 Å². The van der Waals surface area contributed by atoms with Gasteiger partial charge in [0.2, 0.25) is 5.91 Å². The lowest BCUT2D eigenvalue weighted by atomic mass is 9.85. The molecule has 1 unspecified atom stereocenters. The van der Waals surface area contributed by atoms with Crippen LogP contribution < -0.4 is 0 Å². The Morgan fingerprint density at radius 1 is 1.18 bits per heavy atom. The molecule has 6 nitrogen and oxygen atoms in total. The molecule has 0 aromatic heterocycles. The van der Waals surface area contributed by atoms with Gasteiger partial charge < -0.3 is 13.9 Å². The number of rotatable bonds is 12. The van der Waals surface area contributed by atoms with Crippen LogP contribution in [0, 0.1) is 17.8 Å². The van der Waals surface area contributed by atoms with Crippen LogP contribution in [0.15, 0.2) is 54.6 Å². The number of hydrogen-bond donors (Lipinski definition) is 0. The summed E-state index contributed by atoms with van der Waals surface area (Å²) in [6, 6.07) is 9.58. The van der Waals surface area contributed by atoms with Crippen LogP contribution >= 0.6 is 0 Å². The van der Waals surface area contributed by atoms with Crippen molar-refractivity contribution in [3.63, 3.8) is 0 Å². The third kappa shape index (κ3) is 7.67. The Labute approximate surface area is 231 Å². The van der Waals surface area contributed by atoms with Gasteiger partial charge in [0.15, 0.2) is 8.32 Å². The number of ether oxygens (including phenoxy) is 2. The summed E-state index contributed by atoms with van der Waals surface area (Å²) in [5.74, 6) is -0.635. The molecule has 1 aliphatic rings. The van der Waals surface area contributed by atoms with Crippen molar-refractivity contribution in [2.75, 3.05) is 13.7 Å². The summed E-state index contributed by atoms with van der Waals surface area (Å²) in [5, 5.41) is 0.0536. The van der Waals surface area contributed by atoms with Gasteiger partial charge in [-0.15, -0.1) is 6.58 Å². The first kappa shape index (κ1) is 32.0. The summed E-state index contributed by atoms with van der Waals surface area (Å²) >= 11 is 0. The van der Waals surface area contributed by atoms with E-state index in [1.165, 1.54) is 4.90 Å². The molecule has 1 fully saturated rings. The minimum absolute atomic E-state index is 0.0272. The summed E-state index contributed by atoms with van der Waals surface area (Å²) in [4.78, 5) is 27.5. The molecular formula is C31H49NO5Si. The second-order valence-corrected chi connectivity index (χ2v) is 17.0. The van der Waals surface area contributed by atoms with Gasteiger partial charge in [0.25, 0.3) is 0 Å². The molecule has 0 spiro atoms. The molecule has 1 aliphatic heterocycles. The lowest BCUT2D eigenvalue weighted by Gasteiger charge is -2.42. The summed E-state index contributed by atoms with van der Waals surface area (Å²) in [5.41, 5.74) is 2.15. The minimum atomic E-state index is -2.08. The number of allylic oxidation sites excluding steroid dienone is 1. The highest BCUT2D eigenvalue weighted by Crippen LogP contribution is 2.39. The van der Waals surface area contributed by atoms with Crippen molar-refractivity contribution >= 4 is 20.3 Å². The number of carbonyl (C=O) groups excluding carboxylic acids is 2. The Bertz CT molecular complexity index is 984. The van der Waals surface area contributed by atoms with Crippen molar-refractivity contribution in [3.8, 4) is 0 Å². The number of imide groups is 1. The first-order valence-corrected chi connectivity index (χ1v) is 16.6. The van der Waals surface area contributed by atoms with E-state index in [4.69, 9.17) is 13.9 Å². The molecule has 6 atom stereocenters. The predicted molar refractivity (Wildman–Crippen MR) is 156 cm³/mol. The van der Waals surface area contributed by atoms with Crippen LogP contribution in [0.25, 0.3) is 0 Å². The van der Waals surface area contributed by atoms with Crippen molar-refractivity contribution in [2.24, 2.45) is 17.8 Å². The second-order valence-electron chi connectivity index (χ2n) is 12.3. The van der Waals surface area contributed by atoms with E-state index in [0.717, 1.165) is 11.1 Å². The van der Waals surface area contributed by atoms with Gasteiger partial charge in [0, 0.05) is 18.9 Å². The molecule has 1 heterocycles. The van der Waals surface area contributed by atoms with Crippen LogP contribution in [0.4, 0.5) is 4.79 Å². The molecule has 1 saturated heterocycles. The quantitative estimate of drug-likeness (QED) is 0.209. The molecule has 1 aromatic rings. The Morgan fingerprint density at radius 2 is 1.79 bits per heavy atom. The molecule has 1 aromatic carbocycles. The smallest absolute Gasteiger partial charge is 0.416 e. The van der Waals surface area contributed by atoms with E-state index in [-0.39, 0.29) is 53.6 Å². The zero-order valence-electron chi connectivity index (χ0n) is 25.1. The first-order chi connectivity index (χ1) is 17.6. The fourth-order valence-electron chi connectivity index (χ4n) is 4.61. The fraction of sp³-hybridized carbons (Fsp3) is 0.613. The SMILES string of the molecule is C=C[C@H](OC)[C@@H](O[Si](C)(C)C(C)(C)C)[C@H](C)/C=C(/C)[C@H](C)C(C)C(=O)N1C(=O)OC[C@H]1Cc1ccccc1.